The molecule has 7 nitrogen and oxygen atoms in total. The third-order valence-electron chi connectivity index (χ3n) is 8.51. The van der Waals surface area contributed by atoms with Gasteiger partial charge in [0.15, 0.2) is 5.65 Å². The lowest BCUT2D eigenvalue weighted by molar-refractivity contribution is 0.0607. The van der Waals surface area contributed by atoms with Crippen molar-refractivity contribution in [2.45, 2.75) is 70.6 Å². The van der Waals surface area contributed by atoms with Gasteiger partial charge in [-0.3, -0.25) is 19.2 Å². The molecule has 4 heterocycles. The van der Waals surface area contributed by atoms with E-state index in [2.05, 4.69) is 45.7 Å². The van der Waals surface area contributed by atoms with E-state index in [1.54, 1.807) is 6.20 Å². The van der Waals surface area contributed by atoms with Crippen molar-refractivity contribution in [2.75, 3.05) is 37.6 Å². The zero-order valence-corrected chi connectivity index (χ0v) is 22.7. The first-order valence-corrected chi connectivity index (χ1v) is 14.2. The summed E-state index contributed by atoms with van der Waals surface area (Å²) in [6.45, 7) is 10.5. The predicted octanol–water partition coefficient (Wildman–Crippen LogP) is 4.65. The Bertz CT molecular complexity index is 1330. The molecule has 0 radical (unpaired) electrons. The van der Waals surface area contributed by atoms with Gasteiger partial charge in [-0.2, -0.15) is 4.98 Å². The molecule has 6 rings (SSSR count). The molecule has 1 saturated carbocycles. The number of anilines is 1. The highest BCUT2D eigenvalue weighted by molar-refractivity contribution is 6.31. The lowest BCUT2D eigenvalue weighted by atomic mass is 9.98. The molecule has 1 atom stereocenters. The van der Waals surface area contributed by atoms with E-state index in [-0.39, 0.29) is 11.6 Å². The lowest BCUT2D eigenvalue weighted by Crippen LogP contribution is -2.59. The number of likely N-dealkylation sites (tertiary alicyclic amines) is 1. The molecule has 3 fully saturated rings. The predicted molar refractivity (Wildman–Crippen MR) is 150 cm³/mol. The lowest BCUT2D eigenvalue weighted by Gasteiger charge is -2.47. The van der Waals surface area contributed by atoms with Crippen molar-refractivity contribution in [1.29, 1.82) is 0 Å². The zero-order valence-electron chi connectivity index (χ0n) is 21.9. The average molecular weight is 521 g/mol. The molecule has 0 bridgehead atoms. The zero-order chi connectivity index (χ0) is 25.5. The molecule has 3 aromatic rings. The highest BCUT2D eigenvalue weighted by Gasteiger charge is 2.36. The molecule has 2 aliphatic heterocycles. The molecule has 2 aromatic heterocycles. The standard InChI is InChI=1S/C29H37ClN6O/c1-3-22-19-34(29-32-27-25(5-4-12-31-27)28(37)36(29)24-7-8-24)15-16-35(22)23-10-13-33(14-11-23)18-21-6-9-26(30)20(2)17-21/h4-6,9,12,17,22-24H,3,7-8,10-11,13-16,18-19H2,1-2H3/t22-/m0/s1. The van der Waals surface area contributed by atoms with Gasteiger partial charge < -0.3 is 4.90 Å². The Morgan fingerprint density at radius 2 is 1.84 bits per heavy atom. The number of aromatic nitrogens is 3. The van der Waals surface area contributed by atoms with Gasteiger partial charge in [-0.15, -0.1) is 0 Å². The minimum atomic E-state index is 0.0642. The van der Waals surface area contributed by atoms with Crippen LogP contribution in [0.3, 0.4) is 0 Å². The summed E-state index contributed by atoms with van der Waals surface area (Å²) in [5.41, 5.74) is 3.13. The number of fused-ring (bicyclic) bond motifs is 1. The minimum absolute atomic E-state index is 0.0642. The van der Waals surface area contributed by atoms with E-state index in [9.17, 15) is 4.79 Å². The summed E-state index contributed by atoms with van der Waals surface area (Å²) in [5, 5.41) is 1.47. The normalized spacial score (nSPS) is 22.1. The number of rotatable bonds is 6. The topological polar surface area (TPSA) is 57.5 Å². The van der Waals surface area contributed by atoms with Crippen LogP contribution in [0.5, 0.6) is 0 Å². The maximum absolute atomic E-state index is 13.4. The van der Waals surface area contributed by atoms with Crippen molar-refractivity contribution in [3.63, 3.8) is 0 Å². The number of hydrogen-bond donors (Lipinski definition) is 0. The smallest absolute Gasteiger partial charge is 0.264 e. The van der Waals surface area contributed by atoms with Gasteiger partial charge in [-0.05, 0) is 81.4 Å². The van der Waals surface area contributed by atoms with Crippen LogP contribution in [0.4, 0.5) is 5.95 Å². The number of piperazine rings is 1. The number of halogens is 1. The molecule has 2 saturated heterocycles. The van der Waals surface area contributed by atoms with E-state index in [0.717, 1.165) is 75.1 Å². The maximum atomic E-state index is 13.4. The van der Waals surface area contributed by atoms with Crippen molar-refractivity contribution in [3.8, 4) is 0 Å². The summed E-state index contributed by atoms with van der Waals surface area (Å²) in [6, 6.07) is 11.5. The van der Waals surface area contributed by atoms with Gasteiger partial charge in [-0.1, -0.05) is 30.7 Å². The SMILES string of the molecule is CC[C@H]1CN(c2nc3ncccc3c(=O)n2C2CC2)CCN1C1CCN(Cc2ccc(Cl)c(C)c2)CC1. The van der Waals surface area contributed by atoms with Crippen LogP contribution >= 0.6 is 11.6 Å². The highest BCUT2D eigenvalue weighted by atomic mass is 35.5. The molecule has 37 heavy (non-hydrogen) atoms. The van der Waals surface area contributed by atoms with Crippen LogP contribution in [-0.4, -0.2) is 69.1 Å². The summed E-state index contributed by atoms with van der Waals surface area (Å²) in [4.78, 5) is 30.4. The van der Waals surface area contributed by atoms with Crippen LogP contribution in [-0.2, 0) is 6.54 Å². The molecule has 0 unspecified atom stereocenters. The fourth-order valence-electron chi connectivity index (χ4n) is 6.27. The van der Waals surface area contributed by atoms with E-state index in [0.29, 0.717) is 23.1 Å². The monoisotopic (exact) mass is 520 g/mol. The number of aryl methyl sites for hydroxylation is 1. The Kier molecular flexibility index (Phi) is 6.95. The van der Waals surface area contributed by atoms with Crippen molar-refractivity contribution in [2.24, 2.45) is 0 Å². The van der Waals surface area contributed by atoms with Gasteiger partial charge in [-0.25, -0.2) is 4.98 Å². The van der Waals surface area contributed by atoms with Crippen LogP contribution in [0.15, 0.2) is 41.3 Å². The van der Waals surface area contributed by atoms with E-state index in [1.165, 1.54) is 18.4 Å². The van der Waals surface area contributed by atoms with Crippen LogP contribution in [0, 0.1) is 6.92 Å². The summed E-state index contributed by atoms with van der Waals surface area (Å²) in [5.74, 6) is 0.824. The second-order valence-corrected chi connectivity index (χ2v) is 11.4. The summed E-state index contributed by atoms with van der Waals surface area (Å²) < 4.78 is 1.96. The van der Waals surface area contributed by atoms with E-state index < -0.39 is 0 Å². The quantitative estimate of drug-likeness (QED) is 0.471. The Morgan fingerprint density at radius 3 is 2.57 bits per heavy atom. The number of piperidine rings is 1. The molecule has 0 spiro atoms. The van der Waals surface area contributed by atoms with Gasteiger partial charge in [0, 0.05) is 55.5 Å². The summed E-state index contributed by atoms with van der Waals surface area (Å²) >= 11 is 6.22. The Labute approximate surface area is 224 Å². The number of benzene rings is 1. The average Bonchev–Trinajstić information content (AvgIpc) is 3.76. The van der Waals surface area contributed by atoms with Gasteiger partial charge in [0.05, 0.1) is 5.39 Å². The first-order valence-electron chi connectivity index (χ1n) is 13.9. The summed E-state index contributed by atoms with van der Waals surface area (Å²) in [7, 11) is 0. The third-order valence-corrected chi connectivity index (χ3v) is 8.93. The van der Waals surface area contributed by atoms with Crippen LogP contribution < -0.4 is 10.5 Å². The van der Waals surface area contributed by atoms with Crippen molar-refractivity contribution >= 4 is 28.6 Å². The highest BCUT2D eigenvalue weighted by Crippen LogP contribution is 2.37. The third kappa shape index (κ3) is 5.01. The molecular weight excluding hydrogens is 484 g/mol. The molecule has 1 aromatic carbocycles. The van der Waals surface area contributed by atoms with Crippen molar-refractivity contribution in [1.82, 2.24) is 24.3 Å². The van der Waals surface area contributed by atoms with Crippen molar-refractivity contribution in [3.05, 3.63) is 63.0 Å². The number of hydrogen-bond acceptors (Lipinski definition) is 6. The first-order chi connectivity index (χ1) is 18.0. The Balaban J connectivity index is 1.14. The largest absolute Gasteiger partial charge is 0.339 e. The van der Waals surface area contributed by atoms with Crippen LogP contribution in [0.25, 0.3) is 11.0 Å². The fourth-order valence-corrected chi connectivity index (χ4v) is 6.39. The number of pyridine rings is 1. The van der Waals surface area contributed by atoms with E-state index in [1.807, 2.05) is 22.8 Å². The molecule has 0 N–H and O–H groups in total. The fraction of sp³-hybridized carbons (Fsp3) is 0.552. The summed E-state index contributed by atoms with van der Waals surface area (Å²) in [6.07, 6.45) is 7.35. The van der Waals surface area contributed by atoms with E-state index in [4.69, 9.17) is 16.6 Å². The first kappa shape index (κ1) is 24.8. The maximum Gasteiger partial charge on any atom is 0.264 e. The van der Waals surface area contributed by atoms with Crippen LogP contribution in [0.1, 0.15) is 56.2 Å². The Hall–Kier alpha value is -2.48. The van der Waals surface area contributed by atoms with Gasteiger partial charge in [0.2, 0.25) is 5.95 Å². The molecule has 0 amide bonds. The molecule has 3 aliphatic rings. The van der Waals surface area contributed by atoms with Gasteiger partial charge in [0.25, 0.3) is 5.56 Å². The number of nitrogens with zero attached hydrogens (tertiary/aromatic N) is 6. The second kappa shape index (κ2) is 10.4. The molecule has 8 heteroatoms. The minimum Gasteiger partial charge on any atom is -0.339 e. The van der Waals surface area contributed by atoms with Crippen molar-refractivity contribution < 1.29 is 0 Å². The van der Waals surface area contributed by atoms with Gasteiger partial charge >= 0.3 is 0 Å². The molecule has 196 valence electrons. The van der Waals surface area contributed by atoms with Crippen LogP contribution in [0.2, 0.25) is 5.02 Å². The molecule has 1 aliphatic carbocycles. The molecular formula is C29H37ClN6O. The Morgan fingerprint density at radius 1 is 1.03 bits per heavy atom. The van der Waals surface area contributed by atoms with E-state index >= 15 is 0 Å². The van der Waals surface area contributed by atoms with Gasteiger partial charge in [0.1, 0.15) is 0 Å². The second-order valence-electron chi connectivity index (χ2n) is 11.0.